The molecule has 2 heterocycles. The SMILES string of the molecule is c1ccc(Cc2nc3ccccc3nc2NCCN2CCOCC2)cc1. The van der Waals surface area contributed by atoms with E-state index in [0.29, 0.717) is 0 Å². The molecule has 0 atom stereocenters. The van der Waals surface area contributed by atoms with Crippen LogP contribution in [0.4, 0.5) is 5.82 Å². The minimum Gasteiger partial charge on any atom is -0.379 e. The summed E-state index contributed by atoms with van der Waals surface area (Å²) in [6.07, 6.45) is 0.776. The van der Waals surface area contributed by atoms with Crippen molar-refractivity contribution in [3.63, 3.8) is 0 Å². The van der Waals surface area contributed by atoms with Crippen LogP contribution in [0.15, 0.2) is 54.6 Å². The maximum Gasteiger partial charge on any atom is 0.148 e. The van der Waals surface area contributed by atoms with Gasteiger partial charge in [0.15, 0.2) is 0 Å². The molecule has 1 aliphatic rings. The highest BCUT2D eigenvalue weighted by Gasteiger charge is 2.12. The van der Waals surface area contributed by atoms with Crippen LogP contribution in [0, 0.1) is 0 Å². The predicted molar refractivity (Wildman–Crippen MR) is 105 cm³/mol. The average molecular weight is 348 g/mol. The first-order valence-electron chi connectivity index (χ1n) is 9.22. The molecule has 4 rings (SSSR count). The molecule has 2 aromatic carbocycles. The maximum atomic E-state index is 5.41. The monoisotopic (exact) mass is 348 g/mol. The Morgan fingerprint density at radius 3 is 2.35 bits per heavy atom. The van der Waals surface area contributed by atoms with E-state index in [2.05, 4.69) is 34.5 Å². The van der Waals surface area contributed by atoms with Gasteiger partial charge in [-0.05, 0) is 17.7 Å². The van der Waals surface area contributed by atoms with Crippen LogP contribution in [0.25, 0.3) is 11.0 Å². The molecule has 5 heteroatoms. The number of benzene rings is 2. The molecule has 1 fully saturated rings. The number of ether oxygens (including phenoxy) is 1. The average Bonchev–Trinajstić information content (AvgIpc) is 2.70. The van der Waals surface area contributed by atoms with Gasteiger partial charge in [-0.1, -0.05) is 42.5 Å². The van der Waals surface area contributed by atoms with Crippen LogP contribution in [-0.2, 0) is 11.2 Å². The molecule has 1 aliphatic heterocycles. The summed E-state index contributed by atoms with van der Waals surface area (Å²) in [6, 6.07) is 18.5. The van der Waals surface area contributed by atoms with Gasteiger partial charge in [-0.3, -0.25) is 4.90 Å². The first-order chi connectivity index (χ1) is 12.9. The summed E-state index contributed by atoms with van der Waals surface area (Å²) in [4.78, 5) is 12.1. The summed E-state index contributed by atoms with van der Waals surface area (Å²) in [5, 5.41) is 3.52. The van der Waals surface area contributed by atoms with Crippen LogP contribution in [0.3, 0.4) is 0 Å². The quantitative estimate of drug-likeness (QED) is 0.742. The van der Waals surface area contributed by atoms with E-state index in [1.807, 2.05) is 30.3 Å². The summed E-state index contributed by atoms with van der Waals surface area (Å²) in [7, 11) is 0. The summed E-state index contributed by atoms with van der Waals surface area (Å²) in [5.74, 6) is 0.890. The van der Waals surface area contributed by atoms with Gasteiger partial charge in [-0.15, -0.1) is 0 Å². The second-order valence-electron chi connectivity index (χ2n) is 6.55. The lowest BCUT2D eigenvalue weighted by Gasteiger charge is -2.26. The van der Waals surface area contributed by atoms with Crippen molar-refractivity contribution in [1.82, 2.24) is 14.9 Å². The maximum absolute atomic E-state index is 5.41. The Hall–Kier alpha value is -2.50. The molecule has 26 heavy (non-hydrogen) atoms. The van der Waals surface area contributed by atoms with Gasteiger partial charge >= 0.3 is 0 Å². The third-order valence-electron chi connectivity index (χ3n) is 4.68. The lowest BCUT2D eigenvalue weighted by Crippen LogP contribution is -2.39. The number of rotatable bonds is 6. The molecule has 1 N–H and O–H groups in total. The number of hydrogen-bond donors (Lipinski definition) is 1. The first kappa shape index (κ1) is 16.9. The van der Waals surface area contributed by atoms with Gasteiger partial charge in [0.1, 0.15) is 5.82 Å². The molecular formula is C21H24N4O. The number of nitrogens with zero attached hydrogens (tertiary/aromatic N) is 3. The molecule has 134 valence electrons. The van der Waals surface area contributed by atoms with Gasteiger partial charge in [0, 0.05) is 32.6 Å². The van der Waals surface area contributed by atoms with E-state index in [0.717, 1.165) is 68.4 Å². The molecule has 0 amide bonds. The minimum atomic E-state index is 0.776. The Morgan fingerprint density at radius 1 is 0.885 bits per heavy atom. The molecule has 0 unspecified atom stereocenters. The van der Waals surface area contributed by atoms with Crippen molar-refractivity contribution in [2.75, 3.05) is 44.7 Å². The van der Waals surface area contributed by atoms with E-state index in [1.54, 1.807) is 0 Å². The predicted octanol–water partition coefficient (Wildman–Crippen LogP) is 2.96. The van der Waals surface area contributed by atoms with Gasteiger partial charge < -0.3 is 10.1 Å². The highest BCUT2D eigenvalue weighted by Crippen LogP contribution is 2.19. The van der Waals surface area contributed by atoms with Crippen LogP contribution in [0.1, 0.15) is 11.3 Å². The van der Waals surface area contributed by atoms with Crippen molar-refractivity contribution >= 4 is 16.9 Å². The van der Waals surface area contributed by atoms with E-state index in [-0.39, 0.29) is 0 Å². The Kier molecular flexibility index (Phi) is 5.38. The van der Waals surface area contributed by atoms with E-state index in [1.165, 1.54) is 5.56 Å². The van der Waals surface area contributed by atoms with Crippen molar-refractivity contribution in [2.45, 2.75) is 6.42 Å². The van der Waals surface area contributed by atoms with E-state index < -0.39 is 0 Å². The largest absolute Gasteiger partial charge is 0.379 e. The lowest BCUT2D eigenvalue weighted by molar-refractivity contribution is 0.0398. The molecular weight excluding hydrogens is 324 g/mol. The van der Waals surface area contributed by atoms with Gasteiger partial charge in [-0.25, -0.2) is 9.97 Å². The van der Waals surface area contributed by atoms with Crippen LogP contribution in [0.2, 0.25) is 0 Å². The standard InChI is InChI=1S/C21H24N4O/c1-2-6-17(7-3-1)16-20-21(22-10-11-25-12-14-26-15-13-25)24-19-9-5-4-8-18(19)23-20/h1-9H,10-16H2,(H,22,24). The molecule has 0 radical (unpaired) electrons. The van der Waals surface area contributed by atoms with Gasteiger partial charge in [0.05, 0.1) is 29.9 Å². The van der Waals surface area contributed by atoms with Gasteiger partial charge in [0.25, 0.3) is 0 Å². The third kappa shape index (κ3) is 4.18. The number of para-hydroxylation sites is 2. The zero-order valence-electron chi connectivity index (χ0n) is 14.9. The lowest BCUT2D eigenvalue weighted by atomic mass is 10.1. The number of hydrogen-bond acceptors (Lipinski definition) is 5. The minimum absolute atomic E-state index is 0.776. The fraction of sp³-hybridized carbons (Fsp3) is 0.333. The normalized spacial score (nSPS) is 15.2. The first-order valence-corrected chi connectivity index (χ1v) is 9.22. The number of morpholine rings is 1. The molecule has 0 saturated carbocycles. The number of fused-ring (bicyclic) bond motifs is 1. The van der Waals surface area contributed by atoms with Crippen LogP contribution >= 0.6 is 0 Å². The molecule has 0 spiro atoms. The molecule has 1 aromatic heterocycles. The number of nitrogens with one attached hydrogen (secondary N) is 1. The highest BCUT2D eigenvalue weighted by atomic mass is 16.5. The van der Waals surface area contributed by atoms with Gasteiger partial charge in [-0.2, -0.15) is 0 Å². The second kappa shape index (κ2) is 8.25. The smallest absolute Gasteiger partial charge is 0.148 e. The summed E-state index contributed by atoms with van der Waals surface area (Å²) < 4.78 is 5.41. The van der Waals surface area contributed by atoms with Gasteiger partial charge in [0.2, 0.25) is 0 Å². The molecule has 5 nitrogen and oxygen atoms in total. The molecule has 0 aliphatic carbocycles. The zero-order chi connectivity index (χ0) is 17.6. The van der Waals surface area contributed by atoms with Crippen molar-refractivity contribution < 1.29 is 4.74 Å². The topological polar surface area (TPSA) is 50.3 Å². The fourth-order valence-corrected chi connectivity index (χ4v) is 3.25. The highest BCUT2D eigenvalue weighted by molar-refractivity contribution is 5.76. The van der Waals surface area contributed by atoms with Crippen LogP contribution < -0.4 is 5.32 Å². The summed E-state index contributed by atoms with van der Waals surface area (Å²) >= 11 is 0. The summed E-state index contributed by atoms with van der Waals surface area (Å²) in [5.41, 5.74) is 4.11. The van der Waals surface area contributed by atoms with Crippen molar-refractivity contribution in [1.29, 1.82) is 0 Å². The Bertz CT molecular complexity index is 847. The molecule has 0 bridgehead atoms. The Labute approximate surface area is 154 Å². The Morgan fingerprint density at radius 2 is 1.58 bits per heavy atom. The van der Waals surface area contributed by atoms with Crippen molar-refractivity contribution in [3.05, 3.63) is 65.9 Å². The molecule has 1 saturated heterocycles. The van der Waals surface area contributed by atoms with E-state index in [4.69, 9.17) is 14.7 Å². The van der Waals surface area contributed by atoms with E-state index >= 15 is 0 Å². The van der Waals surface area contributed by atoms with E-state index in [9.17, 15) is 0 Å². The Balaban J connectivity index is 1.53. The zero-order valence-corrected chi connectivity index (χ0v) is 14.9. The van der Waals surface area contributed by atoms with Crippen LogP contribution in [0.5, 0.6) is 0 Å². The number of anilines is 1. The van der Waals surface area contributed by atoms with Crippen LogP contribution in [-0.4, -0.2) is 54.3 Å². The van der Waals surface area contributed by atoms with Crippen molar-refractivity contribution in [3.8, 4) is 0 Å². The third-order valence-corrected chi connectivity index (χ3v) is 4.68. The fourth-order valence-electron chi connectivity index (χ4n) is 3.25. The second-order valence-corrected chi connectivity index (χ2v) is 6.55. The summed E-state index contributed by atoms with van der Waals surface area (Å²) in [6.45, 7) is 5.51. The molecule has 3 aromatic rings. The van der Waals surface area contributed by atoms with Crippen molar-refractivity contribution in [2.24, 2.45) is 0 Å². The number of aromatic nitrogens is 2.